The topological polar surface area (TPSA) is 25.8 Å². The van der Waals surface area contributed by atoms with E-state index in [2.05, 4.69) is 16.9 Å². The molecule has 19 heavy (non-hydrogen) atoms. The Bertz CT molecular complexity index is 754. The second-order valence-corrected chi connectivity index (χ2v) is 5.40. The molecule has 0 aliphatic heterocycles. The molecule has 96 valence electrons. The van der Waals surface area contributed by atoms with Crippen LogP contribution in [0.15, 0.2) is 29.6 Å². The second-order valence-electron chi connectivity index (χ2n) is 4.13. The Morgan fingerprint density at radius 1 is 1.26 bits per heavy atom. The number of aryl methyl sites for hydroxylation is 1. The molecule has 0 amide bonds. The lowest BCUT2D eigenvalue weighted by molar-refractivity contribution is 0.629. The summed E-state index contributed by atoms with van der Waals surface area (Å²) in [5, 5.41) is 3.03. The lowest BCUT2D eigenvalue weighted by Gasteiger charge is -2.04. The highest BCUT2D eigenvalue weighted by Crippen LogP contribution is 2.30. The SMILES string of the molecule is CCc1ccsc1-c1nc(Cl)c2ccc(F)cc2n1. The quantitative estimate of drug-likeness (QED) is 0.639. The lowest BCUT2D eigenvalue weighted by atomic mass is 10.2. The third kappa shape index (κ3) is 2.22. The molecule has 5 heteroatoms. The zero-order chi connectivity index (χ0) is 13.4. The summed E-state index contributed by atoms with van der Waals surface area (Å²) < 4.78 is 13.3. The molecule has 0 aliphatic carbocycles. The van der Waals surface area contributed by atoms with Crippen molar-refractivity contribution >= 4 is 33.8 Å². The van der Waals surface area contributed by atoms with Gasteiger partial charge in [-0.1, -0.05) is 18.5 Å². The summed E-state index contributed by atoms with van der Waals surface area (Å²) in [6.45, 7) is 2.08. The first kappa shape index (κ1) is 12.5. The number of hydrogen-bond acceptors (Lipinski definition) is 3. The third-order valence-corrected chi connectivity index (χ3v) is 4.18. The van der Waals surface area contributed by atoms with Crippen LogP contribution in [0.2, 0.25) is 5.15 Å². The monoisotopic (exact) mass is 292 g/mol. The molecule has 0 N–H and O–H groups in total. The van der Waals surface area contributed by atoms with E-state index in [1.807, 2.05) is 11.4 Å². The fourth-order valence-electron chi connectivity index (χ4n) is 1.98. The van der Waals surface area contributed by atoms with Gasteiger partial charge < -0.3 is 0 Å². The molecule has 3 rings (SSSR count). The first-order valence-electron chi connectivity index (χ1n) is 5.88. The average molecular weight is 293 g/mol. The maximum Gasteiger partial charge on any atom is 0.171 e. The van der Waals surface area contributed by atoms with Gasteiger partial charge in [0.25, 0.3) is 0 Å². The van der Waals surface area contributed by atoms with E-state index in [0.717, 1.165) is 11.3 Å². The molecule has 0 saturated heterocycles. The smallest absolute Gasteiger partial charge is 0.171 e. The number of halogens is 2. The molecule has 1 aromatic carbocycles. The minimum atomic E-state index is -0.324. The van der Waals surface area contributed by atoms with E-state index < -0.39 is 0 Å². The van der Waals surface area contributed by atoms with Crippen LogP contribution in [0.25, 0.3) is 21.6 Å². The summed E-state index contributed by atoms with van der Waals surface area (Å²) in [5.74, 6) is 0.241. The molecular formula is C14H10ClFN2S. The number of nitrogens with zero attached hydrogens (tertiary/aromatic N) is 2. The van der Waals surface area contributed by atoms with Gasteiger partial charge in [-0.3, -0.25) is 0 Å². The van der Waals surface area contributed by atoms with Crippen molar-refractivity contribution in [1.29, 1.82) is 0 Å². The van der Waals surface area contributed by atoms with E-state index in [9.17, 15) is 4.39 Å². The maximum atomic E-state index is 13.3. The molecule has 2 heterocycles. The Labute approximate surface area is 118 Å². The molecule has 0 atom stereocenters. The number of rotatable bonds is 2. The molecule has 0 bridgehead atoms. The summed E-state index contributed by atoms with van der Waals surface area (Å²) in [6, 6.07) is 6.39. The highest BCUT2D eigenvalue weighted by molar-refractivity contribution is 7.13. The van der Waals surface area contributed by atoms with E-state index in [4.69, 9.17) is 11.6 Å². The Balaban J connectivity index is 2.25. The van der Waals surface area contributed by atoms with Crippen molar-refractivity contribution in [1.82, 2.24) is 9.97 Å². The largest absolute Gasteiger partial charge is 0.227 e. The van der Waals surface area contributed by atoms with Crippen LogP contribution in [-0.2, 0) is 6.42 Å². The van der Waals surface area contributed by atoms with E-state index in [-0.39, 0.29) is 5.82 Å². The van der Waals surface area contributed by atoms with E-state index in [0.29, 0.717) is 21.9 Å². The molecule has 0 spiro atoms. The first-order chi connectivity index (χ1) is 9.19. The van der Waals surface area contributed by atoms with E-state index >= 15 is 0 Å². The van der Waals surface area contributed by atoms with Gasteiger partial charge in [-0.2, -0.15) is 0 Å². The second kappa shape index (κ2) is 4.87. The Morgan fingerprint density at radius 3 is 2.89 bits per heavy atom. The molecule has 0 radical (unpaired) electrons. The van der Waals surface area contributed by atoms with Crippen LogP contribution in [0.4, 0.5) is 4.39 Å². The lowest BCUT2D eigenvalue weighted by Crippen LogP contribution is -1.93. The Morgan fingerprint density at radius 2 is 2.11 bits per heavy atom. The fraction of sp³-hybridized carbons (Fsp3) is 0.143. The van der Waals surface area contributed by atoms with Crippen molar-refractivity contribution in [3.63, 3.8) is 0 Å². The van der Waals surface area contributed by atoms with Gasteiger partial charge in [0.1, 0.15) is 11.0 Å². The molecule has 2 aromatic heterocycles. The van der Waals surface area contributed by atoms with Gasteiger partial charge in [0, 0.05) is 11.5 Å². The predicted octanol–water partition coefficient (Wildman–Crippen LogP) is 4.71. The number of thiophene rings is 1. The van der Waals surface area contributed by atoms with E-state index in [1.54, 1.807) is 17.4 Å². The van der Waals surface area contributed by atoms with Crippen molar-refractivity contribution in [2.45, 2.75) is 13.3 Å². The van der Waals surface area contributed by atoms with Gasteiger partial charge in [0.15, 0.2) is 5.82 Å². The summed E-state index contributed by atoms with van der Waals surface area (Å²) in [6.07, 6.45) is 0.904. The van der Waals surface area contributed by atoms with Gasteiger partial charge in [0.05, 0.1) is 10.4 Å². The van der Waals surface area contributed by atoms with Crippen molar-refractivity contribution in [2.75, 3.05) is 0 Å². The number of benzene rings is 1. The zero-order valence-corrected chi connectivity index (χ0v) is 11.7. The maximum absolute atomic E-state index is 13.3. The van der Waals surface area contributed by atoms with Crippen LogP contribution in [0.1, 0.15) is 12.5 Å². The van der Waals surface area contributed by atoms with Crippen LogP contribution >= 0.6 is 22.9 Å². The van der Waals surface area contributed by atoms with Crippen molar-refractivity contribution < 1.29 is 4.39 Å². The van der Waals surface area contributed by atoms with Gasteiger partial charge in [-0.25, -0.2) is 14.4 Å². The average Bonchev–Trinajstić information content (AvgIpc) is 2.86. The van der Waals surface area contributed by atoms with Gasteiger partial charge in [0.2, 0.25) is 0 Å². The molecule has 0 saturated carbocycles. The highest BCUT2D eigenvalue weighted by Gasteiger charge is 2.12. The normalized spacial score (nSPS) is 11.1. The van der Waals surface area contributed by atoms with Crippen LogP contribution < -0.4 is 0 Å². The number of aromatic nitrogens is 2. The van der Waals surface area contributed by atoms with Crippen LogP contribution in [0.5, 0.6) is 0 Å². The summed E-state index contributed by atoms with van der Waals surface area (Å²) in [5.41, 5.74) is 1.71. The molecule has 3 aromatic rings. The van der Waals surface area contributed by atoms with Crippen LogP contribution in [-0.4, -0.2) is 9.97 Å². The summed E-state index contributed by atoms with van der Waals surface area (Å²) in [7, 11) is 0. The number of hydrogen-bond donors (Lipinski definition) is 0. The molecule has 2 nitrogen and oxygen atoms in total. The van der Waals surface area contributed by atoms with Gasteiger partial charge >= 0.3 is 0 Å². The van der Waals surface area contributed by atoms with Crippen molar-refractivity contribution in [3.05, 3.63) is 46.2 Å². The molecule has 0 fully saturated rings. The first-order valence-corrected chi connectivity index (χ1v) is 7.14. The Hall–Kier alpha value is -1.52. The van der Waals surface area contributed by atoms with Gasteiger partial charge in [-0.15, -0.1) is 11.3 Å². The highest BCUT2D eigenvalue weighted by atomic mass is 35.5. The van der Waals surface area contributed by atoms with Crippen molar-refractivity contribution in [3.8, 4) is 10.7 Å². The molecule has 0 unspecified atom stereocenters. The standard InChI is InChI=1S/C14H10ClFN2S/c1-2-8-5-6-19-12(8)14-17-11-7-9(16)3-4-10(11)13(15)18-14/h3-7H,2H2,1H3. The predicted molar refractivity (Wildman–Crippen MR) is 77.2 cm³/mol. The Kier molecular flexibility index (Phi) is 3.21. The van der Waals surface area contributed by atoms with Crippen LogP contribution in [0.3, 0.4) is 0 Å². The number of fused-ring (bicyclic) bond motifs is 1. The van der Waals surface area contributed by atoms with Crippen LogP contribution in [0, 0.1) is 5.82 Å². The minimum Gasteiger partial charge on any atom is -0.227 e. The van der Waals surface area contributed by atoms with Gasteiger partial charge in [-0.05, 0) is 35.6 Å². The third-order valence-electron chi connectivity index (χ3n) is 2.94. The summed E-state index contributed by atoms with van der Waals surface area (Å²) >= 11 is 7.73. The summed E-state index contributed by atoms with van der Waals surface area (Å²) in [4.78, 5) is 9.74. The fourth-order valence-corrected chi connectivity index (χ4v) is 3.14. The minimum absolute atomic E-state index is 0.324. The molecular weight excluding hydrogens is 283 g/mol. The van der Waals surface area contributed by atoms with Crippen molar-refractivity contribution in [2.24, 2.45) is 0 Å². The molecule has 0 aliphatic rings. The van der Waals surface area contributed by atoms with E-state index in [1.165, 1.54) is 17.7 Å². The zero-order valence-electron chi connectivity index (χ0n) is 10.2.